The molecule has 1 aromatic rings. The van der Waals surface area contributed by atoms with Crippen LogP contribution in [0.25, 0.3) is 0 Å². The Morgan fingerprint density at radius 1 is 1.20 bits per heavy atom. The van der Waals surface area contributed by atoms with Crippen molar-refractivity contribution in [2.75, 3.05) is 13.2 Å². The summed E-state index contributed by atoms with van der Waals surface area (Å²) in [5.41, 5.74) is 5.68. The number of nitrogens with one attached hydrogen (secondary N) is 1. The topological polar surface area (TPSA) is 84.6 Å². The largest absolute Gasteiger partial charge is 0.492 e. The molecule has 0 spiro atoms. The van der Waals surface area contributed by atoms with Crippen LogP contribution < -0.4 is 15.8 Å². The molecule has 0 radical (unpaired) electrons. The molecule has 4 aliphatic rings. The molecule has 5 rings (SSSR count). The number of aliphatic hydroxyl groups is 1. The van der Waals surface area contributed by atoms with Crippen LogP contribution in [-0.2, 0) is 11.2 Å². The molecule has 1 aromatic carbocycles. The summed E-state index contributed by atoms with van der Waals surface area (Å²) in [5, 5.41) is 14.1. The second-order valence-electron chi connectivity index (χ2n) is 8.47. The molecule has 25 heavy (non-hydrogen) atoms. The van der Waals surface area contributed by atoms with E-state index in [0.717, 1.165) is 43.4 Å². The van der Waals surface area contributed by atoms with Crippen molar-refractivity contribution < 1.29 is 14.6 Å². The van der Waals surface area contributed by atoms with Crippen LogP contribution in [0.4, 0.5) is 0 Å². The molecule has 4 bridgehead atoms. The molecule has 0 aromatic heterocycles. The Morgan fingerprint density at radius 2 is 1.88 bits per heavy atom. The summed E-state index contributed by atoms with van der Waals surface area (Å²) in [6, 6.07) is 7.62. The second kappa shape index (κ2) is 6.29. The van der Waals surface area contributed by atoms with Crippen LogP contribution in [0, 0.1) is 11.8 Å². The van der Waals surface area contributed by atoms with E-state index < -0.39 is 5.60 Å². The zero-order valence-electron chi connectivity index (χ0n) is 14.7. The van der Waals surface area contributed by atoms with Gasteiger partial charge in [0.25, 0.3) is 0 Å². The summed E-state index contributed by atoms with van der Waals surface area (Å²) in [6.07, 6.45) is 6.23. The highest BCUT2D eigenvalue weighted by atomic mass is 16.5. The zero-order valence-corrected chi connectivity index (χ0v) is 14.7. The summed E-state index contributed by atoms with van der Waals surface area (Å²) >= 11 is 0. The SMILES string of the molecule is NCCOc1ccc(CC(=O)NC23CC4CC(CC(O)(C4)C2)C3)cc1. The molecule has 5 heteroatoms. The molecule has 0 heterocycles. The highest BCUT2D eigenvalue weighted by Crippen LogP contribution is 2.57. The number of hydrogen-bond donors (Lipinski definition) is 3. The van der Waals surface area contributed by atoms with Crippen molar-refractivity contribution in [2.45, 2.75) is 56.1 Å². The minimum Gasteiger partial charge on any atom is -0.492 e. The molecule has 4 fully saturated rings. The van der Waals surface area contributed by atoms with Gasteiger partial charge in [-0.1, -0.05) is 12.1 Å². The molecule has 1 amide bonds. The van der Waals surface area contributed by atoms with Gasteiger partial charge in [-0.25, -0.2) is 0 Å². The molecular weight excluding hydrogens is 316 g/mol. The molecule has 2 atom stereocenters. The fraction of sp³-hybridized carbons (Fsp3) is 0.650. The second-order valence-corrected chi connectivity index (χ2v) is 8.47. The van der Waals surface area contributed by atoms with Gasteiger partial charge in [0.1, 0.15) is 12.4 Å². The van der Waals surface area contributed by atoms with Crippen LogP contribution in [0.15, 0.2) is 24.3 Å². The molecule has 4 aliphatic carbocycles. The van der Waals surface area contributed by atoms with E-state index in [9.17, 15) is 9.90 Å². The Hall–Kier alpha value is -1.59. The lowest BCUT2D eigenvalue weighted by molar-refractivity contribution is -0.150. The lowest BCUT2D eigenvalue weighted by atomic mass is 9.51. The number of hydrogen-bond acceptors (Lipinski definition) is 4. The fourth-order valence-electron chi connectivity index (χ4n) is 5.77. The van der Waals surface area contributed by atoms with E-state index in [2.05, 4.69) is 5.32 Å². The number of benzene rings is 1. The van der Waals surface area contributed by atoms with Crippen molar-refractivity contribution in [1.29, 1.82) is 0 Å². The van der Waals surface area contributed by atoms with Crippen molar-refractivity contribution in [3.05, 3.63) is 29.8 Å². The van der Waals surface area contributed by atoms with Gasteiger partial charge in [-0.3, -0.25) is 4.79 Å². The van der Waals surface area contributed by atoms with E-state index in [0.29, 0.717) is 31.4 Å². The van der Waals surface area contributed by atoms with E-state index in [4.69, 9.17) is 10.5 Å². The number of carbonyl (C=O) groups is 1. The van der Waals surface area contributed by atoms with Crippen molar-refractivity contribution in [1.82, 2.24) is 5.32 Å². The quantitative estimate of drug-likeness (QED) is 0.734. The molecule has 2 unspecified atom stereocenters. The Labute approximate surface area is 148 Å². The van der Waals surface area contributed by atoms with Gasteiger partial charge in [0.05, 0.1) is 12.0 Å². The summed E-state index contributed by atoms with van der Waals surface area (Å²) in [7, 11) is 0. The summed E-state index contributed by atoms with van der Waals surface area (Å²) in [4.78, 5) is 12.6. The van der Waals surface area contributed by atoms with Crippen molar-refractivity contribution in [3.63, 3.8) is 0 Å². The van der Waals surface area contributed by atoms with Gasteiger partial charge in [-0.15, -0.1) is 0 Å². The van der Waals surface area contributed by atoms with Crippen molar-refractivity contribution in [2.24, 2.45) is 17.6 Å². The summed E-state index contributed by atoms with van der Waals surface area (Å²) in [6.45, 7) is 0.980. The Morgan fingerprint density at radius 3 is 2.48 bits per heavy atom. The van der Waals surface area contributed by atoms with Crippen LogP contribution >= 0.6 is 0 Å². The van der Waals surface area contributed by atoms with Crippen LogP contribution in [0.5, 0.6) is 5.75 Å². The van der Waals surface area contributed by atoms with Crippen LogP contribution in [0.1, 0.15) is 44.1 Å². The number of ether oxygens (including phenoxy) is 1. The standard InChI is InChI=1S/C20H28N2O3/c21-5-6-25-17-3-1-14(2-4-17)8-18(23)22-19-9-15-7-16(10-19)12-20(24,11-15)13-19/h1-4,15-16,24H,5-13,21H2,(H,22,23). The molecule has 4 N–H and O–H groups in total. The van der Waals surface area contributed by atoms with Gasteiger partial charge in [0.2, 0.25) is 5.91 Å². The highest BCUT2D eigenvalue weighted by Gasteiger charge is 2.57. The summed E-state index contributed by atoms with van der Waals surface area (Å²) in [5.74, 6) is 1.98. The van der Waals surface area contributed by atoms with Gasteiger partial charge in [0.15, 0.2) is 0 Å². The third-order valence-electron chi connectivity index (χ3n) is 6.11. The lowest BCUT2D eigenvalue weighted by Gasteiger charge is -2.60. The number of rotatable bonds is 6. The molecule has 5 nitrogen and oxygen atoms in total. The van der Waals surface area contributed by atoms with E-state index in [1.54, 1.807) is 0 Å². The first-order valence-electron chi connectivity index (χ1n) is 9.43. The third kappa shape index (κ3) is 3.53. The number of carbonyl (C=O) groups excluding carboxylic acids is 1. The van der Waals surface area contributed by atoms with Crippen LogP contribution in [0.3, 0.4) is 0 Å². The lowest BCUT2D eigenvalue weighted by Crippen LogP contribution is -2.65. The zero-order chi connectivity index (χ0) is 17.5. The van der Waals surface area contributed by atoms with Gasteiger partial charge >= 0.3 is 0 Å². The van der Waals surface area contributed by atoms with Crippen molar-refractivity contribution >= 4 is 5.91 Å². The summed E-state index contributed by atoms with van der Waals surface area (Å²) < 4.78 is 5.46. The fourth-order valence-corrected chi connectivity index (χ4v) is 5.77. The maximum absolute atomic E-state index is 12.6. The molecule has 4 saturated carbocycles. The average molecular weight is 344 g/mol. The van der Waals surface area contributed by atoms with Gasteiger partial charge < -0.3 is 20.9 Å². The third-order valence-corrected chi connectivity index (χ3v) is 6.11. The van der Waals surface area contributed by atoms with Crippen molar-refractivity contribution in [3.8, 4) is 5.75 Å². The van der Waals surface area contributed by atoms with E-state index in [1.807, 2.05) is 24.3 Å². The number of amides is 1. The van der Waals surface area contributed by atoms with E-state index in [1.165, 1.54) is 6.42 Å². The van der Waals surface area contributed by atoms with Gasteiger partial charge in [-0.05, 0) is 68.1 Å². The molecule has 0 aliphatic heterocycles. The predicted octanol–water partition coefficient (Wildman–Crippen LogP) is 1.77. The van der Waals surface area contributed by atoms with Crippen LogP contribution in [0.2, 0.25) is 0 Å². The van der Waals surface area contributed by atoms with Gasteiger partial charge in [0, 0.05) is 12.1 Å². The smallest absolute Gasteiger partial charge is 0.224 e. The molecule has 136 valence electrons. The Kier molecular flexibility index (Phi) is 4.24. The highest BCUT2D eigenvalue weighted by molar-refractivity contribution is 5.79. The first kappa shape index (κ1) is 16.9. The monoisotopic (exact) mass is 344 g/mol. The van der Waals surface area contributed by atoms with Gasteiger partial charge in [-0.2, -0.15) is 0 Å². The Bertz CT molecular complexity index is 629. The minimum absolute atomic E-state index is 0.0566. The maximum Gasteiger partial charge on any atom is 0.224 e. The first-order chi connectivity index (χ1) is 12.0. The molecular formula is C20H28N2O3. The normalized spacial score (nSPS) is 35.6. The van der Waals surface area contributed by atoms with Crippen LogP contribution in [-0.4, -0.2) is 35.3 Å². The van der Waals surface area contributed by atoms with E-state index in [-0.39, 0.29) is 11.4 Å². The first-order valence-corrected chi connectivity index (χ1v) is 9.43. The molecule has 0 saturated heterocycles. The van der Waals surface area contributed by atoms with E-state index >= 15 is 0 Å². The Balaban J connectivity index is 1.37. The average Bonchev–Trinajstić information content (AvgIpc) is 2.51. The number of nitrogens with two attached hydrogens (primary N) is 1. The predicted molar refractivity (Wildman–Crippen MR) is 95.2 cm³/mol. The maximum atomic E-state index is 12.6. The minimum atomic E-state index is -0.542.